The van der Waals surface area contributed by atoms with Crippen molar-refractivity contribution in [3.8, 4) is 23.0 Å². The molecule has 40 heavy (non-hydrogen) atoms. The van der Waals surface area contributed by atoms with Gasteiger partial charge in [0.05, 0.1) is 46.6 Å². The molecule has 6 rings (SSSR count). The molecule has 3 heterocycles. The van der Waals surface area contributed by atoms with Gasteiger partial charge in [0.15, 0.2) is 0 Å². The van der Waals surface area contributed by atoms with Crippen LogP contribution in [-0.4, -0.2) is 52.2 Å². The maximum atomic E-state index is 5.54. The maximum Gasteiger partial charge on any atom is 0.237 e. The minimum absolute atomic E-state index is 0.260. The maximum absolute atomic E-state index is 5.54. The summed E-state index contributed by atoms with van der Waals surface area (Å²) < 4.78 is 7.83. The predicted octanol–water partition coefficient (Wildman–Crippen LogP) is 6.30. The van der Waals surface area contributed by atoms with Crippen LogP contribution in [0.1, 0.15) is 26.7 Å². The Bertz CT molecular complexity index is 1640. The van der Waals surface area contributed by atoms with E-state index in [1.165, 1.54) is 0 Å². The van der Waals surface area contributed by atoms with Gasteiger partial charge in [-0.05, 0) is 67.3 Å². The van der Waals surface area contributed by atoms with Gasteiger partial charge in [-0.2, -0.15) is 0 Å². The molecule has 0 amide bonds. The van der Waals surface area contributed by atoms with Crippen LogP contribution < -0.4 is 15.4 Å². The molecule has 3 aliphatic rings. The minimum atomic E-state index is 0.260. The van der Waals surface area contributed by atoms with Crippen molar-refractivity contribution in [2.75, 3.05) is 32.1 Å². The Morgan fingerprint density at radius 3 is 2.50 bits per heavy atom. The van der Waals surface area contributed by atoms with Crippen LogP contribution in [0.25, 0.3) is 28.1 Å². The number of hydrogen-bond donors (Lipinski definition) is 1. The molecule has 1 aliphatic carbocycles. The summed E-state index contributed by atoms with van der Waals surface area (Å²) in [4.78, 5) is 17.4. The van der Waals surface area contributed by atoms with Gasteiger partial charge >= 0.3 is 0 Å². The third-order valence-corrected chi connectivity index (χ3v) is 7.45. The molecule has 1 saturated heterocycles. The molecule has 1 aromatic heterocycles. The lowest BCUT2D eigenvalue weighted by Crippen LogP contribution is -2.38. The molecule has 204 valence electrons. The van der Waals surface area contributed by atoms with Gasteiger partial charge in [-0.3, -0.25) is 4.99 Å². The topological polar surface area (TPSA) is 67.6 Å². The largest absolute Gasteiger partial charge is 0.480 e. The van der Waals surface area contributed by atoms with Gasteiger partial charge in [0, 0.05) is 31.5 Å². The zero-order chi connectivity index (χ0) is 27.5. The minimum Gasteiger partial charge on any atom is -0.480 e. The number of likely N-dealkylation sites (tertiary alicyclic amines) is 1. The first kappa shape index (κ1) is 26.0. The molecule has 0 saturated carbocycles. The monoisotopic (exact) mass is 532 g/mol. The highest BCUT2D eigenvalue weighted by atomic mass is 16.5. The first-order chi connectivity index (χ1) is 19.6. The Balaban J connectivity index is 1.52. The summed E-state index contributed by atoms with van der Waals surface area (Å²) in [6.07, 6.45) is 3.83. The number of pyridine rings is 1. The summed E-state index contributed by atoms with van der Waals surface area (Å²) >= 11 is 0. The van der Waals surface area contributed by atoms with E-state index in [-0.39, 0.29) is 6.04 Å². The number of benzene rings is 3. The Labute approximate surface area is 235 Å². The van der Waals surface area contributed by atoms with Crippen LogP contribution in [0.4, 0.5) is 11.4 Å². The van der Waals surface area contributed by atoms with Gasteiger partial charge in [0.1, 0.15) is 5.69 Å². The van der Waals surface area contributed by atoms with Crippen molar-refractivity contribution in [1.29, 1.82) is 0 Å². The van der Waals surface area contributed by atoms with Crippen LogP contribution in [0.5, 0.6) is 5.88 Å². The third kappa shape index (κ3) is 5.42. The second-order valence-electron chi connectivity index (χ2n) is 10.9. The van der Waals surface area contributed by atoms with E-state index >= 15 is 0 Å². The number of rotatable bonds is 7. The van der Waals surface area contributed by atoms with Crippen LogP contribution in [0.2, 0.25) is 0 Å². The zero-order valence-electron chi connectivity index (χ0n) is 23.4. The number of methoxy groups -OCH3 is 1. The molecule has 7 heteroatoms. The predicted molar refractivity (Wildman–Crippen MR) is 162 cm³/mol. The second kappa shape index (κ2) is 11.5. The standard InChI is InChI=1S/C33H36N6O/c1-23(2)22-38-18-15-24(16-19-38)35-29-21-32-30(20-28(29)37-27-13-9-17-34-33(27)40-3)36-26-12-7-8-14-31(26)39(32)25-10-5-4-6-11-25/h4-14,17,20-21,23-24,37H,15-16,18-19,22H2,1-3H3. The van der Waals surface area contributed by atoms with E-state index in [0.29, 0.717) is 11.8 Å². The summed E-state index contributed by atoms with van der Waals surface area (Å²) in [6, 6.07) is 27.2. The molecule has 0 spiro atoms. The second-order valence-corrected chi connectivity index (χ2v) is 10.9. The van der Waals surface area contributed by atoms with E-state index in [9.17, 15) is 0 Å². The van der Waals surface area contributed by atoms with Gasteiger partial charge in [-0.15, -0.1) is 0 Å². The van der Waals surface area contributed by atoms with E-state index in [1.807, 2.05) is 24.3 Å². The van der Waals surface area contributed by atoms with Crippen LogP contribution in [0.15, 0.2) is 90.1 Å². The quantitative estimate of drug-likeness (QED) is 0.249. The molecule has 2 aliphatic heterocycles. The number of fused-ring (bicyclic) bond motifs is 2. The van der Waals surface area contributed by atoms with Crippen molar-refractivity contribution in [1.82, 2.24) is 19.4 Å². The average Bonchev–Trinajstić information content (AvgIpc) is 2.98. The number of nitrogens with one attached hydrogen (secondary N) is 1. The van der Waals surface area contributed by atoms with Crippen LogP contribution in [0.3, 0.4) is 0 Å². The SMILES string of the molecule is COc1ncccc1Nc1cc2nc3ccccc3n(-c3ccccc3)c-2cc1=NC1CCN(CC(C)C)CC1. The van der Waals surface area contributed by atoms with Crippen molar-refractivity contribution < 1.29 is 4.74 Å². The Hall–Kier alpha value is -4.23. The number of aromatic nitrogens is 3. The van der Waals surface area contributed by atoms with Crippen molar-refractivity contribution in [3.05, 3.63) is 90.4 Å². The fourth-order valence-electron chi connectivity index (χ4n) is 5.64. The summed E-state index contributed by atoms with van der Waals surface area (Å²) in [5, 5.41) is 4.49. The molecular weight excluding hydrogens is 496 g/mol. The Kier molecular flexibility index (Phi) is 7.47. The molecule has 2 aromatic carbocycles. The highest BCUT2D eigenvalue weighted by molar-refractivity contribution is 5.84. The fourth-order valence-corrected chi connectivity index (χ4v) is 5.64. The summed E-state index contributed by atoms with van der Waals surface area (Å²) in [6.45, 7) is 7.88. The summed E-state index contributed by atoms with van der Waals surface area (Å²) in [5.41, 5.74) is 6.68. The Morgan fingerprint density at radius 2 is 1.73 bits per heavy atom. The first-order valence-corrected chi connectivity index (χ1v) is 14.1. The molecule has 7 nitrogen and oxygen atoms in total. The lowest BCUT2D eigenvalue weighted by atomic mass is 10.0. The Morgan fingerprint density at radius 1 is 0.950 bits per heavy atom. The molecule has 0 unspecified atom stereocenters. The van der Waals surface area contributed by atoms with Crippen molar-refractivity contribution >= 4 is 22.4 Å². The van der Waals surface area contributed by atoms with Crippen LogP contribution >= 0.6 is 0 Å². The number of hydrogen-bond acceptors (Lipinski definition) is 6. The van der Waals surface area contributed by atoms with E-state index < -0.39 is 0 Å². The molecule has 3 aromatic rings. The normalized spacial score (nSPS) is 15.2. The number of piperidine rings is 1. The lowest BCUT2D eigenvalue weighted by molar-refractivity contribution is 0.192. The first-order valence-electron chi connectivity index (χ1n) is 14.1. The summed E-state index contributed by atoms with van der Waals surface area (Å²) in [5.74, 6) is 1.22. The number of anilines is 2. The average molecular weight is 533 g/mol. The van der Waals surface area contributed by atoms with Gasteiger partial charge < -0.3 is 19.5 Å². The van der Waals surface area contributed by atoms with Crippen LogP contribution in [0, 0.1) is 5.92 Å². The smallest absolute Gasteiger partial charge is 0.237 e. The van der Waals surface area contributed by atoms with Crippen molar-refractivity contribution in [2.24, 2.45) is 10.9 Å². The third-order valence-electron chi connectivity index (χ3n) is 7.45. The highest BCUT2D eigenvalue weighted by Crippen LogP contribution is 2.31. The fraction of sp³-hybridized carbons (Fsp3) is 0.303. The summed E-state index contributed by atoms with van der Waals surface area (Å²) in [7, 11) is 1.64. The van der Waals surface area contributed by atoms with E-state index in [1.54, 1.807) is 13.3 Å². The molecule has 0 radical (unpaired) electrons. The van der Waals surface area contributed by atoms with Gasteiger partial charge in [-0.25, -0.2) is 9.97 Å². The molecule has 0 atom stereocenters. The van der Waals surface area contributed by atoms with E-state index in [0.717, 1.165) is 77.3 Å². The lowest BCUT2D eigenvalue weighted by Gasteiger charge is -2.31. The number of para-hydroxylation sites is 3. The van der Waals surface area contributed by atoms with Crippen LogP contribution in [-0.2, 0) is 0 Å². The van der Waals surface area contributed by atoms with Gasteiger partial charge in [-0.1, -0.05) is 44.2 Å². The number of ether oxygens (including phenoxy) is 1. The van der Waals surface area contributed by atoms with Crippen molar-refractivity contribution in [2.45, 2.75) is 32.7 Å². The molecular formula is C33H36N6O. The van der Waals surface area contributed by atoms with E-state index in [4.69, 9.17) is 14.7 Å². The molecule has 1 fully saturated rings. The zero-order valence-corrected chi connectivity index (χ0v) is 23.4. The number of nitrogens with zero attached hydrogens (tertiary/aromatic N) is 5. The van der Waals surface area contributed by atoms with Gasteiger partial charge in [0.2, 0.25) is 5.88 Å². The van der Waals surface area contributed by atoms with Gasteiger partial charge in [0.25, 0.3) is 0 Å². The highest BCUT2D eigenvalue weighted by Gasteiger charge is 2.21. The van der Waals surface area contributed by atoms with E-state index in [2.05, 4.69) is 88.2 Å². The molecule has 0 bridgehead atoms. The van der Waals surface area contributed by atoms with Crippen molar-refractivity contribution in [3.63, 3.8) is 0 Å². The molecule has 1 N–H and O–H groups in total.